The van der Waals surface area contributed by atoms with E-state index >= 15 is 0 Å². The van der Waals surface area contributed by atoms with Gasteiger partial charge in [-0.2, -0.15) is 0 Å². The van der Waals surface area contributed by atoms with Gasteiger partial charge in [0.1, 0.15) is 17.2 Å². The van der Waals surface area contributed by atoms with Crippen molar-refractivity contribution in [2.24, 2.45) is 0 Å². The lowest BCUT2D eigenvalue weighted by molar-refractivity contribution is -0.113. The number of nitrogens with zero attached hydrogens (tertiary/aromatic N) is 1. The Hall–Kier alpha value is -2.93. The van der Waals surface area contributed by atoms with Crippen molar-refractivity contribution in [1.29, 1.82) is 0 Å². The fourth-order valence-electron chi connectivity index (χ4n) is 2.40. The van der Waals surface area contributed by atoms with Crippen LogP contribution in [-0.2, 0) is 4.79 Å². The van der Waals surface area contributed by atoms with Crippen LogP contribution in [0.3, 0.4) is 0 Å². The third kappa shape index (κ3) is 3.32. The normalized spacial score (nSPS) is 15.8. The standard InChI is InChI=1S/C18H15NO5S/c1-23-14-7-6-11(15(10-14)24-2)8-16-17(21)19(18(22)25-16)12-4-3-5-13(20)9-12/h3-10,20H,1-2H3. The molecule has 0 saturated carbocycles. The Morgan fingerprint density at radius 2 is 1.88 bits per heavy atom. The van der Waals surface area contributed by atoms with Gasteiger partial charge in [0.15, 0.2) is 0 Å². The van der Waals surface area contributed by atoms with Gasteiger partial charge in [0.25, 0.3) is 11.1 Å². The second-order valence-electron chi connectivity index (χ2n) is 5.14. The summed E-state index contributed by atoms with van der Waals surface area (Å²) >= 11 is 0.837. The quantitative estimate of drug-likeness (QED) is 0.842. The number of thioether (sulfide) groups is 1. The van der Waals surface area contributed by atoms with E-state index in [1.807, 2.05) is 0 Å². The van der Waals surface area contributed by atoms with Gasteiger partial charge < -0.3 is 14.6 Å². The third-order valence-corrected chi connectivity index (χ3v) is 4.48. The molecule has 0 atom stereocenters. The lowest BCUT2D eigenvalue weighted by Gasteiger charge is -2.12. The molecule has 0 bridgehead atoms. The summed E-state index contributed by atoms with van der Waals surface area (Å²) < 4.78 is 10.5. The van der Waals surface area contributed by atoms with E-state index in [2.05, 4.69) is 0 Å². The number of hydrogen-bond donors (Lipinski definition) is 1. The highest BCUT2D eigenvalue weighted by atomic mass is 32.2. The lowest BCUT2D eigenvalue weighted by atomic mass is 10.1. The summed E-state index contributed by atoms with van der Waals surface area (Å²) in [5.74, 6) is 0.696. The summed E-state index contributed by atoms with van der Waals surface area (Å²) in [6.07, 6.45) is 1.60. The first-order valence-corrected chi connectivity index (χ1v) is 8.14. The van der Waals surface area contributed by atoms with E-state index < -0.39 is 11.1 Å². The fourth-order valence-corrected chi connectivity index (χ4v) is 3.23. The minimum Gasteiger partial charge on any atom is -0.508 e. The molecule has 1 saturated heterocycles. The molecule has 0 unspecified atom stereocenters. The van der Waals surface area contributed by atoms with E-state index in [9.17, 15) is 14.7 Å². The molecule has 2 aromatic rings. The molecule has 1 N–H and O–H groups in total. The van der Waals surface area contributed by atoms with Crippen molar-refractivity contribution in [3.8, 4) is 17.2 Å². The largest absolute Gasteiger partial charge is 0.508 e. The molecule has 3 rings (SSSR count). The van der Waals surface area contributed by atoms with Crippen molar-refractivity contribution >= 4 is 34.7 Å². The fraction of sp³-hybridized carbons (Fsp3) is 0.111. The van der Waals surface area contributed by atoms with Crippen LogP contribution in [0.5, 0.6) is 17.2 Å². The number of anilines is 1. The van der Waals surface area contributed by atoms with Crippen LogP contribution in [-0.4, -0.2) is 30.5 Å². The number of amides is 2. The van der Waals surface area contributed by atoms with Crippen LogP contribution in [0.15, 0.2) is 47.4 Å². The van der Waals surface area contributed by atoms with E-state index in [0.29, 0.717) is 22.7 Å². The molecule has 1 aliphatic rings. The van der Waals surface area contributed by atoms with Gasteiger partial charge in [-0.05, 0) is 42.1 Å². The average Bonchev–Trinajstić information content (AvgIpc) is 2.88. The van der Waals surface area contributed by atoms with Gasteiger partial charge in [-0.25, -0.2) is 4.90 Å². The van der Waals surface area contributed by atoms with E-state index in [-0.39, 0.29) is 10.7 Å². The van der Waals surface area contributed by atoms with Crippen LogP contribution < -0.4 is 14.4 Å². The van der Waals surface area contributed by atoms with Gasteiger partial charge in [-0.1, -0.05) is 6.07 Å². The zero-order valence-corrected chi connectivity index (χ0v) is 14.4. The van der Waals surface area contributed by atoms with Crippen molar-refractivity contribution in [3.05, 3.63) is 52.9 Å². The maximum Gasteiger partial charge on any atom is 0.298 e. The minimum absolute atomic E-state index is 0.0163. The number of carbonyl (C=O) groups excluding carboxylic acids is 2. The molecule has 6 nitrogen and oxygen atoms in total. The van der Waals surface area contributed by atoms with E-state index in [1.54, 1.807) is 43.5 Å². The second-order valence-corrected chi connectivity index (χ2v) is 6.14. The Labute approximate surface area is 148 Å². The molecule has 0 radical (unpaired) electrons. The van der Waals surface area contributed by atoms with Gasteiger partial charge in [0, 0.05) is 17.7 Å². The molecule has 2 aromatic carbocycles. The van der Waals surface area contributed by atoms with Crippen LogP contribution in [0, 0.1) is 0 Å². The molecule has 128 valence electrons. The summed E-state index contributed by atoms with van der Waals surface area (Å²) in [5, 5.41) is 9.14. The van der Waals surface area contributed by atoms with Crippen molar-refractivity contribution in [3.63, 3.8) is 0 Å². The summed E-state index contributed by atoms with van der Waals surface area (Å²) in [6, 6.07) is 11.2. The van der Waals surface area contributed by atoms with Crippen LogP contribution in [0.4, 0.5) is 10.5 Å². The predicted molar refractivity (Wildman–Crippen MR) is 96.1 cm³/mol. The van der Waals surface area contributed by atoms with Crippen LogP contribution in [0.2, 0.25) is 0 Å². The molecule has 7 heteroatoms. The molecular formula is C18H15NO5S. The molecule has 25 heavy (non-hydrogen) atoms. The number of hydrogen-bond acceptors (Lipinski definition) is 6. The van der Waals surface area contributed by atoms with Gasteiger partial charge in [-0.15, -0.1) is 0 Å². The number of phenols is 1. The zero-order valence-electron chi connectivity index (χ0n) is 13.6. The molecule has 1 fully saturated rings. The molecule has 0 spiro atoms. The van der Waals surface area contributed by atoms with Gasteiger partial charge >= 0.3 is 0 Å². The zero-order chi connectivity index (χ0) is 18.0. The lowest BCUT2D eigenvalue weighted by Crippen LogP contribution is -2.27. The molecule has 0 aliphatic carbocycles. The summed E-state index contributed by atoms with van der Waals surface area (Å²) in [6.45, 7) is 0. The Balaban J connectivity index is 1.96. The molecular weight excluding hydrogens is 342 g/mol. The second kappa shape index (κ2) is 6.90. The van der Waals surface area contributed by atoms with E-state index in [4.69, 9.17) is 9.47 Å². The van der Waals surface area contributed by atoms with Crippen LogP contribution in [0.1, 0.15) is 5.56 Å². The van der Waals surface area contributed by atoms with Gasteiger partial charge in [-0.3, -0.25) is 9.59 Å². The number of methoxy groups -OCH3 is 2. The highest BCUT2D eigenvalue weighted by Gasteiger charge is 2.36. The maximum atomic E-state index is 12.6. The Bertz CT molecular complexity index is 878. The first-order chi connectivity index (χ1) is 12.0. The minimum atomic E-state index is -0.446. The van der Waals surface area contributed by atoms with Crippen molar-refractivity contribution < 1.29 is 24.2 Å². The monoisotopic (exact) mass is 357 g/mol. The van der Waals surface area contributed by atoms with Gasteiger partial charge in [0.05, 0.1) is 24.8 Å². The van der Waals surface area contributed by atoms with Crippen molar-refractivity contribution in [1.82, 2.24) is 0 Å². The third-order valence-electron chi connectivity index (χ3n) is 3.61. The Kier molecular flexibility index (Phi) is 4.67. The summed E-state index contributed by atoms with van der Waals surface area (Å²) in [5.41, 5.74) is 0.984. The maximum absolute atomic E-state index is 12.6. The first kappa shape index (κ1) is 16.9. The van der Waals surface area contributed by atoms with Gasteiger partial charge in [0.2, 0.25) is 0 Å². The molecule has 0 aromatic heterocycles. The first-order valence-electron chi connectivity index (χ1n) is 7.32. The highest BCUT2D eigenvalue weighted by Crippen LogP contribution is 2.38. The summed E-state index contributed by atoms with van der Waals surface area (Å²) in [7, 11) is 3.07. The number of rotatable bonds is 4. The topological polar surface area (TPSA) is 76.1 Å². The summed E-state index contributed by atoms with van der Waals surface area (Å²) in [4.78, 5) is 26.2. The molecule has 1 heterocycles. The van der Waals surface area contributed by atoms with E-state index in [1.165, 1.54) is 19.2 Å². The molecule has 1 aliphatic heterocycles. The van der Waals surface area contributed by atoms with Crippen LogP contribution in [0.25, 0.3) is 6.08 Å². The number of carbonyl (C=O) groups is 2. The number of ether oxygens (including phenoxy) is 2. The predicted octanol–water partition coefficient (Wildman–Crippen LogP) is 3.65. The van der Waals surface area contributed by atoms with E-state index in [0.717, 1.165) is 16.7 Å². The highest BCUT2D eigenvalue weighted by molar-refractivity contribution is 8.19. The Morgan fingerprint density at radius 1 is 1.08 bits per heavy atom. The van der Waals surface area contributed by atoms with Crippen molar-refractivity contribution in [2.75, 3.05) is 19.1 Å². The SMILES string of the molecule is COc1ccc(C=C2SC(=O)N(c3cccc(O)c3)C2=O)c(OC)c1. The number of aromatic hydroxyl groups is 1. The number of phenolic OH excluding ortho intramolecular Hbond substituents is 1. The molecule has 2 amide bonds. The Morgan fingerprint density at radius 3 is 2.56 bits per heavy atom. The number of imide groups is 1. The van der Waals surface area contributed by atoms with Crippen LogP contribution >= 0.6 is 11.8 Å². The smallest absolute Gasteiger partial charge is 0.298 e. The van der Waals surface area contributed by atoms with Crippen molar-refractivity contribution in [2.45, 2.75) is 0 Å². The average molecular weight is 357 g/mol. The number of benzene rings is 2.